The molecule has 3 nitrogen and oxygen atoms in total. The Kier molecular flexibility index (Phi) is 3.75. The summed E-state index contributed by atoms with van der Waals surface area (Å²) in [6.07, 6.45) is 0. The fraction of sp³-hybridized carbons (Fsp3) is 0.333. The lowest BCUT2D eigenvalue weighted by atomic mass is 10.0. The van der Waals surface area contributed by atoms with Gasteiger partial charge in [-0.1, -0.05) is 15.9 Å². The van der Waals surface area contributed by atoms with E-state index in [4.69, 9.17) is 15.2 Å². The Balaban J connectivity index is 2.00. The molecule has 0 aliphatic carbocycles. The van der Waals surface area contributed by atoms with E-state index in [-0.39, 0.29) is 6.04 Å². The van der Waals surface area contributed by atoms with Crippen LogP contribution in [0, 0.1) is 13.8 Å². The lowest BCUT2D eigenvalue weighted by molar-refractivity contribution is 0.171. The smallest absolute Gasteiger partial charge is 0.162 e. The van der Waals surface area contributed by atoms with Crippen LogP contribution in [0.15, 0.2) is 22.7 Å². The summed E-state index contributed by atoms with van der Waals surface area (Å²) >= 11 is 5.33. The van der Waals surface area contributed by atoms with E-state index in [1.807, 2.05) is 12.1 Å². The summed E-state index contributed by atoms with van der Waals surface area (Å²) < 4.78 is 12.2. The van der Waals surface area contributed by atoms with Crippen molar-refractivity contribution < 1.29 is 9.47 Å². The summed E-state index contributed by atoms with van der Waals surface area (Å²) in [5.41, 5.74) is 8.73. The van der Waals surface area contributed by atoms with Gasteiger partial charge in [-0.2, -0.15) is 0 Å². The van der Waals surface area contributed by atoms with Crippen LogP contribution >= 0.6 is 27.3 Å². The van der Waals surface area contributed by atoms with Gasteiger partial charge in [-0.25, -0.2) is 0 Å². The van der Waals surface area contributed by atoms with Gasteiger partial charge in [0.2, 0.25) is 0 Å². The lowest BCUT2D eigenvalue weighted by Gasteiger charge is -2.21. The number of rotatable bonds is 2. The van der Waals surface area contributed by atoms with Crippen molar-refractivity contribution in [2.24, 2.45) is 5.73 Å². The zero-order valence-electron chi connectivity index (χ0n) is 11.4. The summed E-state index contributed by atoms with van der Waals surface area (Å²) in [6.45, 7) is 5.41. The average molecular weight is 354 g/mol. The van der Waals surface area contributed by atoms with Crippen LogP contribution < -0.4 is 15.2 Å². The third kappa shape index (κ3) is 2.45. The minimum absolute atomic E-state index is 0.155. The molecule has 2 N–H and O–H groups in total. The Morgan fingerprint density at radius 1 is 1.15 bits per heavy atom. The minimum Gasteiger partial charge on any atom is -0.486 e. The van der Waals surface area contributed by atoms with Gasteiger partial charge in [0.05, 0.1) is 6.04 Å². The fourth-order valence-corrected chi connectivity index (χ4v) is 3.86. The van der Waals surface area contributed by atoms with Gasteiger partial charge in [0.1, 0.15) is 13.2 Å². The number of aryl methyl sites for hydroxylation is 2. The molecule has 1 atom stereocenters. The van der Waals surface area contributed by atoms with Crippen LogP contribution in [0.4, 0.5) is 0 Å². The predicted molar refractivity (Wildman–Crippen MR) is 85.0 cm³/mol. The summed E-state index contributed by atoms with van der Waals surface area (Å²) in [5, 5.41) is 0. The van der Waals surface area contributed by atoms with E-state index in [9.17, 15) is 0 Å². The lowest BCUT2D eigenvalue weighted by Crippen LogP contribution is -2.17. The first-order chi connectivity index (χ1) is 9.56. The molecule has 0 bridgehead atoms. The van der Waals surface area contributed by atoms with Crippen LogP contribution in [0.5, 0.6) is 11.5 Å². The number of nitrogens with two attached hydrogens (primary N) is 1. The Morgan fingerprint density at radius 3 is 2.40 bits per heavy atom. The number of hydrogen-bond donors (Lipinski definition) is 1. The standard InChI is InChI=1S/C15H16BrNO2S/c1-8-5-14(20-9(8)2)15(17)10-6-12-13(7-11(10)16)19-4-3-18-12/h5-7,15H,3-4,17H2,1-2H3. The molecule has 106 valence electrons. The Morgan fingerprint density at radius 2 is 1.80 bits per heavy atom. The second kappa shape index (κ2) is 5.39. The Hall–Kier alpha value is -1.04. The van der Waals surface area contributed by atoms with Gasteiger partial charge in [0.25, 0.3) is 0 Å². The molecule has 2 heterocycles. The van der Waals surface area contributed by atoms with Crippen LogP contribution in [0.3, 0.4) is 0 Å². The molecule has 3 rings (SSSR count). The maximum Gasteiger partial charge on any atom is 0.162 e. The van der Waals surface area contributed by atoms with Crippen LogP contribution in [0.2, 0.25) is 0 Å². The molecule has 0 saturated heterocycles. The fourth-order valence-electron chi connectivity index (χ4n) is 2.23. The summed E-state index contributed by atoms with van der Waals surface area (Å²) in [7, 11) is 0. The molecule has 0 fully saturated rings. The van der Waals surface area contributed by atoms with Gasteiger partial charge in [-0.05, 0) is 43.2 Å². The Labute approximate surface area is 130 Å². The zero-order chi connectivity index (χ0) is 14.3. The quantitative estimate of drug-likeness (QED) is 0.888. The maximum atomic E-state index is 6.42. The van der Waals surface area contributed by atoms with Crippen molar-refractivity contribution in [3.63, 3.8) is 0 Å². The highest BCUT2D eigenvalue weighted by atomic mass is 79.9. The third-order valence-electron chi connectivity index (χ3n) is 3.49. The van der Waals surface area contributed by atoms with Crippen molar-refractivity contribution >= 4 is 27.3 Å². The highest BCUT2D eigenvalue weighted by Crippen LogP contribution is 2.40. The molecule has 1 aliphatic heterocycles. The first kappa shape index (κ1) is 13.9. The predicted octanol–water partition coefficient (Wildman–Crippen LogP) is 3.95. The van der Waals surface area contributed by atoms with Crippen molar-refractivity contribution in [3.8, 4) is 11.5 Å². The second-order valence-corrected chi connectivity index (χ2v) is 7.03. The van der Waals surface area contributed by atoms with E-state index in [1.54, 1.807) is 11.3 Å². The number of ether oxygens (including phenoxy) is 2. The molecule has 0 spiro atoms. The highest BCUT2D eigenvalue weighted by Gasteiger charge is 2.20. The summed E-state index contributed by atoms with van der Waals surface area (Å²) in [5.74, 6) is 1.55. The summed E-state index contributed by atoms with van der Waals surface area (Å²) in [6, 6.07) is 5.93. The van der Waals surface area contributed by atoms with Crippen molar-refractivity contribution in [2.45, 2.75) is 19.9 Å². The number of hydrogen-bond acceptors (Lipinski definition) is 4. The third-order valence-corrected chi connectivity index (χ3v) is 5.41. The second-order valence-electron chi connectivity index (χ2n) is 4.88. The van der Waals surface area contributed by atoms with Crippen LogP contribution in [0.25, 0.3) is 0 Å². The van der Waals surface area contributed by atoms with Gasteiger partial charge in [0.15, 0.2) is 11.5 Å². The largest absolute Gasteiger partial charge is 0.486 e. The molecule has 5 heteroatoms. The van der Waals surface area contributed by atoms with Crippen molar-refractivity contribution in [2.75, 3.05) is 13.2 Å². The normalized spacial score (nSPS) is 15.2. The molecular weight excluding hydrogens is 338 g/mol. The first-order valence-electron chi connectivity index (χ1n) is 6.48. The molecule has 1 aliphatic rings. The molecule has 1 aromatic heterocycles. The molecule has 2 aromatic rings. The van der Waals surface area contributed by atoms with E-state index >= 15 is 0 Å². The minimum atomic E-state index is -0.155. The molecular formula is C15H16BrNO2S. The topological polar surface area (TPSA) is 44.5 Å². The number of halogens is 1. The molecule has 0 amide bonds. The number of fused-ring (bicyclic) bond motifs is 1. The summed E-state index contributed by atoms with van der Waals surface area (Å²) in [4.78, 5) is 2.47. The van der Waals surface area contributed by atoms with E-state index in [1.165, 1.54) is 10.4 Å². The van der Waals surface area contributed by atoms with E-state index < -0.39 is 0 Å². The number of benzene rings is 1. The monoisotopic (exact) mass is 353 g/mol. The van der Waals surface area contributed by atoms with Crippen molar-refractivity contribution in [1.29, 1.82) is 0 Å². The van der Waals surface area contributed by atoms with Crippen molar-refractivity contribution in [1.82, 2.24) is 0 Å². The highest BCUT2D eigenvalue weighted by molar-refractivity contribution is 9.10. The number of thiophene rings is 1. The van der Waals surface area contributed by atoms with Gasteiger partial charge < -0.3 is 15.2 Å². The van der Waals surface area contributed by atoms with Gasteiger partial charge >= 0.3 is 0 Å². The van der Waals surface area contributed by atoms with E-state index in [2.05, 4.69) is 35.8 Å². The van der Waals surface area contributed by atoms with E-state index in [0.717, 1.165) is 26.4 Å². The van der Waals surface area contributed by atoms with Crippen LogP contribution in [0.1, 0.15) is 26.9 Å². The van der Waals surface area contributed by atoms with Crippen LogP contribution in [-0.2, 0) is 0 Å². The van der Waals surface area contributed by atoms with Gasteiger partial charge in [0, 0.05) is 14.2 Å². The molecule has 1 aromatic carbocycles. The Bertz CT molecular complexity index is 634. The molecule has 0 saturated carbocycles. The van der Waals surface area contributed by atoms with Gasteiger partial charge in [-0.3, -0.25) is 0 Å². The molecule has 0 radical (unpaired) electrons. The zero-order valence-corrected chi connectivity index (χ0v) is 13.8. The van der Waals surface area contributed by atoms with Gasteiger partial charge in [-0.15, -0.1) is 11.3 Å². The SMILES string of the molecule is Cc1cc(C(N)c2cc3c(cc2Br)OCCO3)sc1C. The van der Waals surface area contributed by atoms with Crippen molar-refractivity contribution in [3.05, 3.63) is 43.6 Å². The average Bonchev–Trinajstić information content (AvgIpc) is 2.77. The first-order valence-corrected chi connectivity index (χ1v) is 8.09. The molecule has 20 heavy (non-hydrogen) atoms. The molecule has 1 unspecified atom stereocenters. The van der Waals surface area contributed by atoms with Crippen LogP contribution in [-0.4, -0.2) is 13.2 Å². The maximum absolute atomic E-state index is 6.42. The van der Waals surface area contributed by atoms with E-state index in [0.29, 0.717) is 13.2 Å².